The van der Waals surface area contributed by atoms with E-state index in [2.05, 4.69) is 22.5 Å². The number of aliphatic imine (C=N–C) groups is 1. The van der Waals surface area contributed by atoms with E-state index in [4.69, 9.17) is 25.7 Å². The molecule has 0 unspecified atom stereocenters. The van der Waals surface area contributed by atoms with Crippen molar-refractivity contribution in [1.82, 2.24) is 10.6 Å². The molecule has 0 aliphatic heterocycles. The van der Waals surface area contributed by atoms with Crippen molar-refractivity contribution in [3.63, 3.8) is 0 Å². The summed E-state index contributed by atoms with van der Waals surface area (Å²) >= 11 is 0. The quantitative estimate of drug-likeness (QED) is 0.0929. The van der Waals surface area contributed by atoms with Gasteiger partial charge in [0.1, 0.15) is 6.04 Å². The third-order valence-corrected chi connectivity index (χ3v) is 5.60. The molecule has 37 heavy (non-hydrogen) atoms. The number of nitrogens with one attached hydrogen (secondary N) is 2. The molecule has 208 valence electrons. The summed E-state index contributed by atoms with van der Waals surface area (Å²) in [6.07, 6.45) is 8.09. The predicted octanol–water partition coefficient (Wildman–Crippen LogP) is 2.15. The molecule has 0 spiro atoms. The first kappa shape index (κ1) is 31.5. The molecule has 11 heteroatoms. The molecule has 0 saturated heterocycles. The second-order valence-electron chi connectivity index (χ2n) is 8.66. The first-order valence-electron chi connectivity index (χ1n) is 12.8. The van der Waals surface area contributed by atoms with E-state index in [1.807, 2.05) is 0 Å². The molecule has 1 rings (SSSR count). The first-order chi connectivity index (χ1) is 17.8. The van der Waals surface area contributed by atoms with Gasteiger partial charge in [-0.3, -0.25) is 14.6 Å². The maximum atomic E-state index is 12.4. The van der Waals surface area contributed by atoms with Gasteiger partial charge in [-0.2, -0.15) is 0 Å². The van der Waals surface area contributed by atoms with Gasteiger partial charge in [0.15, 0.2) is 24.1 Å². The Hall–Kier alpha value is -3.50. The molecule has 0 saturated carbocycles. The Bertz CT molecular complexity index is 873. The lowest BCUT2D eigenvalue weighted by molar-refractivity contribution is -0.145. The highest BCUT2D eigenvalue weighted by atomic mass is 16.5. The zero-order chi connectivity index (χ0) is 27.5. The average Bonchev–Trinajstić information content (AvgIpc) is 2.89. The van der Waals surface area contributed by atoms with E-state index in [0.29, 0.717) is 43.9 Å². The number of methoxy groups -OCH3 is 2. The van der Waals surface area contributed by atoms with E-state index in [1.165, 1.54) is 39.9 Å². The molecular formula is C26H43N5O6. The molecule has 1 aromatic carbocycles. The monoisotopic (exact) mass is 521 g/mol. The van der Waals surface area contributed by atoms with Crippen LogP contribution >= 0.6 is 0 Å². The summed E-state index contributed by atoms with van der Waals surface area (Å²) < 4.78 is 15.7. The molecular weight excluding hydrogens is 478 g/mol. The van der Waals surface area contributed by atoms with Crippen LogP contribution in [0.2, 0.25) is 0 Å². The molecule has 11 nitrogen and oxygen atoms in total. The molecule has 0 bridgehead atoms. The van der Waals surface area contributed by atoms with Crippen LogP contribution in [0.4, 0.5) is 0 Å². The fraction of sp³-hybridized carbons (Fsp3) is 0.615. The molecule has 1 atom stereocenters. The molecule has 0 heterocycles. The number of carbonyl (C=O) groups is 3. The predicted molar refractivity (Wildman–Crippen MR) is 142 cm³/mol. The molecule has 0 radical (unpaired) electrons. The van der Waals surface area contributed by atoms with Crippen LogP contribution in [0, 0.1) is 0 Å². The molecule has 6 N–H and O–H groups in total. The van der Waals surface area contributed by atoms with Crippen molar-refractivity contribution in [1.29, 1.82) is 0 Å². The number of hydrogen-bond donors (Lipinski definition) is 4. The van der Waals surface area contributed by atoms with Gasteiger partial charge in [0.05, 0.1) is 14.2 Å². The number of nitrogens with zero attached hydrogens (tertiary/aromatic N) is 1. The van der Waals surface area contributed by atoms with Crippen molar-refractivity contribution in [2.24, 2.45) is 16.5 Å². The topological polar surface area (TPSA) is 167 Å². The summed E-state index contributed by atoms with van der Waals surface area (Å²) in [4.78, 5) is 40.4. The third kappa shape index (κ3) is 14.0. The summed E-state index contributed by atoms with van der Waals surface area (Å²) in [5.74, 6) is -0.296. The zero-order valence-electron chi connectivity index (χ0n) is 22.3. The summed E-state index contributed by atoms with van der Waals surface area (Å²) in [5, 5.41) is 5.52. The maximum Gasteiger partial charge on any atom is 0.328 e. The van der Waals surface area contributed by atoms with Gasteiger partial charge in [0.25, 0.3) is 5.91 Å². The lowest BCUT2D eigenvalue weighted by Gasteiger charge is -2.17. The average molecular weight is 522 g/mol. The van der Waals surface area contributed by atoms with Gasteiger partial charge >= 0.3 is 5.97 Å². The smallest absolute Gasteiger partial charge is 0.328 e. The zero-order valence-corrected chi connectivity index (χ0v) is 22.3. The van der Waals surface area contributed by atoms with Crippen LogP contribution in [0.3, 0.4) is 0 Å². The molecule has 0 aliphatic carbocycles. The summed E-state index contributed by atoms with van der Waals surface area (Å²) in [6, 6.07) is 4.37. The Morgan fingerprint density at radius 2 is 1.70 bits per heavy atom. The van der Waals surface area contributed by atoms with Crippen LogP contribution in [0.5, 0.6) is 11.5 Å². The number of benzene rings is 1. The standard InChI is InChI=1S/C26H43N5O6/c1-4-5-6-7-8-9-12-23(32)30-17-19-13-14-21(22(16-19)35-2)37-18-24(33)31-20(25(34)36-3)11-10-15-29-26(27)28/h13-14,16,20H,4-12,15,17-18H2,1-3H3,(H,30,32)(H,31,33)(H4,27,28,29)/t20-/m0/s1. The van der Waals surface area contributed by atoms with Crippen LogP contribution in [-0.2, 0) is 25.7 Å². The van der Waals surface area contributed by atoms with Gasteiger partial charge in [-0.25, -0.2) is 4.79 Å². The highest BCUT2D eigenvalue weighted by Crippen LogP contribution is 2.28. The molecule has 0 aromatic heterocycles. The molecule has 2 amide bonds. The highest BCUT2D eigenvalue weighted by molar-refractivity contribution is 5.85. The van der Waals surface area contributed by atoms with Gasteiger partial charge in [-0.05, 0) is 37.0 Å². The third-order valence-electron chi connectivity index (χ3n) is 5.60. The van der Waals surface area contributed by atoms with Crippen LogP contribution in [0.15, 0.2) is 23.2 Å². The minimum absolute atomic E-state index is 0.0184. The number of guanidine groups is 1. The normalized spacial score (nSPS) is 11.2. The lowest BCUT2D eigenvalue weighted by Crippen LogP contribution is -2.43. The van der Waals surface area contributed by atoms with E-state index in [-0.39, 0.29) is 18.5 Å². The van der Waals surface area contributed by atoms with Crippen molar-refractivity contribution >= 4 is 23.7 Å². The Morgan fingerprint density at radius 3 is 2.38 bits per heavy atom. The second kappa shape index (κ2) is 18.7. The van der Waals surface area contributed by atoms with Gasteiger partial charge < -0.3 is 36.3 Å². The Kier molecular flexibility index (Phi) is 16.0. The molecule has 0 fully saturated rings. The van der Waals surface area contributed by atoms with E-state index < -0.39 is 17.9 Å². The van der Waals surface area contributed by atoms with Gasteiger partial charge in [-0.15, -0.1) is 0 Å². The van der Waals surface area contributed by atoms with Crippen LogP contribution in [-0.4, -0.2) is 57.2 Å². The second-order valence-corrected chi connectivity index (χ2v) is 8.66. The largest absolute Gasteiger partial charge is 0.493 e. The number of hydrogen-bond acceptors (Lipinski definition) is 7. The fourth-order valence-corrected chi connectivity index (χ4v) is 3.57. The van der Waals surface area contributed by atoms with E-state index in [1.54, 1.807) is 18.2 Å². The Morgan fingerprint density at radius 1 is 0.973 bits per heavy atom. The fourth-order valence-electron chi connectivity index (χ4n) is 3.57. The van der Waals surface area contributed by atoms with Gasteiger partial charge in [0, 0.05) is 19.5 Å². The number of carbonyl (C=O) groups excluding carboxylic acids is 3. The minimum atomic E-state index is -0.848. The van der Waals surface area contributed by atoms with Crippen molar-refractivity contribution in [3.05, 3.63) is 23.8 Å². The minimum Gasteiger partial charge on any atom is -0.493 e. The number of esters is 1. The Balaban J connectivity index is 2.52. The van der Waals surface area contributed by atoms with E-state index >= 15 is 0 Å². The number of amides is 2. The van der Waals surface area contributed by atoms with E-state index in [9.17, 15) is 14.4 Å². The van der Waals surface area contributed by atoms with Gasteiger partial charge in [-0.1, -0.05) is 45.1 Å². The molecule has 0 aliphatic rings. The van der Waals surface area contributed by atoms with Crippen molar-refractivity contribution in [2.45, 2.75) is 77.3 Å². The van der Waals surface area contributed by atoms with Gasteiger partial charge in [0.2, 0.25) is 5.91 Å². The summed E-state index contributed by atoms with van der Waals surface area (Å²) in [5.41, 5.74) is 11.4. The van der Waals surface area contributed by atoms with Crippen molar-refractivity contribution in [2.75, 3.05) is 27.4 Å². The molecule has 1 aromatic rings. The first-order valence-corrected chi connectivity index (χ1v) is 12.8. The van der Waals surface area contributed by atoms with E-state index in [0.717, 1.165) is 18.4 Å². The van der Waals surface area contributed by atoms with Crippen molar-refractivity contribution < 1.29 is 28.6 Å². The number of ether oxygens (including phenoxy) is 3. The van der Waals surface area contributed by atoms with Crippen LogP contribution in [0.1, 0.15) is 70.3 Å². The summed E-state index contributed by atoms with van der Waals surface area (Å²) in [6.45, 7) is 2.55. The number of rotatable bonds is 19. The van der Waals surface area contributed by atoms with Crippen LogP contribution in [0.25, 0.3) is 0 Å². The van der Waals surface area contributed by atoms with Crippen molar-refractivity contribution in [3.8, 4) is 11.5 Å². The maximum absolute atomic E-state index is 12.4. The SMILES string of the molecule is CCCCCCCCC(=O)NCc1ccc(OCC(=O)N[C@@H](CCCN=C(N)N)C(=O)OC)c(OC)c1. The number of unbranched alkanes of at least 4 members (excludes halogenated alkanes) is 5. The lowest BCUT2D eigenvalue weighted by atomic mass is 10.1. The van der Waals surface area contributed by atoms with Crippen LogP contribution < -0.4 is 31.6 Å². The Labute approximate surface area is 219 Å². The number of nitrogens with two attached hydrogens (primary N) is 2. The summed E-state index contributed by atoms with van der Waals surface area (Å²) in [7, 11) is 2.74. The highest BCUT2D eigenvalue weighted by Gasteiger charge is 2.21.